The zero-order valence-corrected chi connectivity index (χ0v) is 26.3. The molecule has 0 spiro atoms. The first kappa shape index (κ1) is 30.8. The van der Waals surface area contributed by atoms with E-state index in [1.165, 1.54) is 37.0 Å². The van der Waals surface area contributed by atoms with Crippen molar-refractivity contribution in [2.24, 2.45) is 5.92 Å². The Hall–Kier alpha value is -4.16. The molecule has 0 saturated heterocycles. The maximum Gasteiger partial charge on any atom is 0.159 e. The van der Waals surface area contributed by atoms with Crippen LogP contribution in [-0.2, 0) is 0 Å². The minimum atomic E-state index is 0.512. The maximum atomic E-state index is 5.02. The second-order valence-electron chi connectivity index (χ2n) is 10.7. The number of imidazole rings is 1. The fourth-order valence-electron chi connectivity index (χ4n) is 5.41. The van der Waals surface area contributed by atoms with E-state index in [0.717, 1.165) is 60.6 Å². The van der Waals surface area contributed by atoms with Gasteiger partial charge < -0.3 is 10.3 Å². The molecule has 1 saturated carbocycles. The molecule has 0 bridgehead atoms. The molecule has 3 heterocycles. The Morgan fingerprint density at radius 3 is 2.43 bits per heavy atom. The number of aryl methyl sites for hydroxylation is 2. The molecule has 5 nitrogen and oxygen atoms in total. The zero-order valence-electron chi connectivity index (χ0n) is 25.4. The summed E-state index contributed by atoms with van der Waals surface area (Å²) in [6.45, 7) is 24.8. The lowest BCUT2D eigenvalue weighted by Gasteiger charge is -2.25. The van der Waals surface area contributed by atoms with Crippen molar-refractivity contribution < 1.29 is 0 Å². The fourth-order valence-corrected chi connectivity index (χ4v) is 6.30. The van der Waals surface area contributed by atoms with E-state index in [2.05, 4.69) is 90.2 Å². The summed E-state index contributed by atoms with van der Waals surface area (Å²) >= 11 is 1.74. The molecule has 6 heteroatoms. The van der Waals surface area contributed by atoms with Crippen molar-refractivity contribution in [1.82, 2.24) is 25.5 Å². The number of aromatic amines is 2. The highest BCUT2D eigenvalue weighted by Gasteiger charge is 2.19. The molecule has 0 amide bonds. The molecule has 42 heavy (non-hydrogen) atoms. The molecule has 0 aromatic carbocycles. The summed E-state index contributed by atoms with van der Waals surface area (Å²) in [5.41, 5.74) is 7.72. The van der Waals surface area contributed by atoms with Crippen LogP contribution in [0.15, 0.2) is 90.9 Å². The number of hydrogen-bond donors (Lipinski definition) is 3. The number of rotatable bonds is 11. The maximum absolute atomic E-state index is 5.02. The molecule has 218 valence electrons. The summed E-state index contributed by atoms with van der Waals surface area (Å²) in [4.78, 5) is 10.9. The smallest absolute Gasteiger partial charge is 0.159 e. The van der Waals surface area contributed by atoms with Crippen LogP contribution < -0.4 is 15.9 Å². The van der Waals surface area contributed by atoms with Gasteiger partial charge in [-0.1, -0.05) is 69.9 Å². The summed E-state index contributed by atoms with van der Waals surface area (Å²) in [7, 11) is 0. The molecule has 1 aliphatic carbocycles. The third-order valence-corrected chi connectivity index (χ3v) is 8.76. The lowest BCUT2D eigenvalue weighted by Crippen LogP contribution is -2.23. The number of hydrogen-bond acceptors (Lipinski definition) is 4. The Kier molecular flexibility index (Phi) is 10.4. The minimum absolute atomic E-state index is 0.512. The van der Waals surface area contributed by atoms with E-state index in [9.17, 15) is 0 Å². The van der Waals surface area contributed by atoms with Gasteiger partial charge in [0.15, 0.2) is 5.82 Å². The minimum Gasteiger partial charge on any atom is -0.359 e. The van der Waals surface area contributed by atoms with E-state index in [0.29, 0.717) is 11.7 Å². The van der Waals surface area contributed by atoms with Crippen molar-refractivity contribution in [3.8, 4) is 11.5 Å². The third kappa shape index (κ3) is 7.00. The van der Waals surface area contributed by atoms with E-state index in [1.807, 2.05) is 32.9 Å². The van der Waals surface area contributed by atoms with Gasteiger partial charge in [0.05, 0.1) is 11.0 Å². The van der Waals surface area contributed by atoms with Crippen LogP contribution in [0.1, 0.15) is 67.1 Å². The second kappa shape index (κ2) is 14.1. The van der Waals surface area contributed by atoms with Crippen LogP contribution in [0.5, 0.6) is 0 Å². The Bertz CT molecular complexity index is 1690. The van der Waals surface area contributed by atoms with Crippen molar-refractivity contribution in [3.05, 3.63) is 123 Å². The first-order valence-electron chi connectivity index (χ1n) is 14.6. The van der Waals surface area contributed by atoms with Gasteiger partial charge in [0.2, 0.25) is 0 Å². The highest BCUT2D eigenvalue weighted by Crippen LogP contribution is 2.31. The summed E-state index contributed by atoms with van der Waals surface area (Å²) in [6, 6.07) is 4.26. The molecule has 0 aliphatic heterocycles. The van der Waals surface area contributed by atoms with E-state index < -0.39 is 0 Å². The van der Waals surface area contributed by atoms with Gasteiger partial charge in [-0.2, -0.15) is 5.10 Å². The zero-order chi connectivity index (χ0) is 30.2. The van der Waals surface area contributed by atoms with E-state index in [1.54, 1.807) is 17.4 Å². The molecule has 1 fully saturated rings. The largest absolute Gasteiger partial charge is 0.359 e. The number of thiophene rings is 1. The predicted molar refractivity (Wildman–Crippen MR) is 181 cm³/mol. The summed E-state index contributed by atoms with van der Waals surface area (Å²) in [5, 5.41) is 12.8. The summed E-state index contributed by atoms with van der Waals surface area (Å²) in [6.07, 6.45) is 20.4. The molecule has 3 N–H and O–H groups in total. The average molecular weight is 578 g/mol. The van der Waals surface area contributed by atoms with Crippen LogP contribution in [0.25, 0.3) is 29.7 Å². The Balaban J connectivity index is 1.69. The van der Waals surface area contributed by atoms with Crippen molar-refractivity contribution in [1.29, 1.82) is 0 Å². The molecule has 0 unspecified atom stereocenters. The molecule has 3 aromatic rings. The van der Waals surface area contributed by atoms with Gasteiger partial charge in [-0.05, 0) is 88.0 Å². The van der Waals surface area contributed by atoms with Crippen LogP contribution >= 0.6 is 11.3 Å². The van der Waals surface area contributed by atoms with Crippen molar-refractivity contribution >= 4 is 29.6 Å². The molecule has 3 aromatic heterocycles. The normalized spacial score (nSPS) is 16.1. The molecule has 4 rings (SSSR count). The first-order valence-corrected chi connectivity index (χ1v) is 15.5. The highest BCUT2D eigenvalue weighted by atomic mass is 32.1. The molecule has 0 radical (unpaired) electrons. The van der Waals surface area contributed by atoms with E-state index in [-0.39, 0.29) is 0 Å². The number of H-pyrrole nitrogens is 2. The van der Waals surface area contributed by atoms with Gasteiger partial charge in [0, 0.05) is 37.6 Å². The lowest BCUT2D eigenvalue weighted by atomic mass is 9.87. The van der Waals surface area contributed by atoms with Gasteiger partial charge in [0.1, 0.15) is 5.69 Å². The Morgan fingerprint density at radius 1 is 1.07 bits per heavy atom. The van der Waals surface area contributed by atoms with Crippen molar-refractivity contribution in [2.75, 3.05) is 0 Å². The van der Waals surface area contributed by atoms with Crippen LogP contribution in [-0.4, -0.2) is 20.2 Å². The van der Waals surface area contributed by atoms with Gasteiger partial charge in [0.25, 0.3) is 0 Å². The van der Waals surface area contributed by atoms with Crippen LogP contribution in [0, 0.1) is 19.8 Å². The molecular weight excluding hydrogens is 534 g/mol. The van der Waals surface area contributed by atoms with Crippen LogP contribution in [0.3, 0.4) is 0 Å². The van der Waals surface area contributed by atoms with E-state index >= 15 is 0 Å². The Morgan fingerprint density at radius 2 is 1.81 bits per heavy atom. The molecule has 1 aliphatic rings. The summed E-state index contributed by atoms with van der Waals surface area (Å²) < 4.78 is 0. The fraction of sp³-hybridized carbons (Fsp3) is 0.278. The summed E-state index contributed by atoms with van der Waals surface area (Å²) in [5.74, 6) is 1.20. The third-order valence-electron chi connectivity index (χ3n) is 7.73. The van der Waals surface area contributed by atoms with Crippen molar-refractivity contribution in [2.45, 2.75) is 59.8 Å². The quantitative estimate of drug-likeness (QED) is 0.203. The van der Waals surface area contributed by atoms with Crippen molar-refractivity contribution in [3.63, 3.8) is 0 Å². The van der Waals surface area contributed by atoms with Gasteiger partial charge in [-0.15, -0.1) is 11.3 Å². The van der Waals surface area contributed by atoms with Crippen LogP contribution in [0.2, 0.25) is 0 Å². The number of aromatic nitrogens is 4. The lowest BCUT2D eigenvalue weighted by molar-refractivity contribution is 0.393. The van der Waals surface area contributed by atoms with E-state index in [4.69, 9.17) is 4.98 Å². The Labute approximate surface area is 254 Å². The van der Waals surface area contributed by atoms with Gasteiger partial charge >= 0.3 is 0 Å². The molecular formula is C36H43N5S. The standard InChI is InChI=1S/C36H43N5S/c1-9-16-31(33-20-19-23(5)42-33)34-26(8)38-36(39-34)35-32(25(7)40-41-35)22-28(11-3)27(10-2)21-30(12-4)37-24(6)29-17-14-13-15-18-29/h9-12,16,19-22,29,37,40H,1,4,6-7,13-15,17-18H2,2-3,5,8H3,(H,38,39)/b27-10+,28-11+,30-21+,31-16-,32-22+. The predicted octanol–water partition coefficient (Wildman–Crippen LogP) is 7.93. The number of allylic oxidation sites excluding steroid dienone is 9. The number of nitrogens with zero attached hydrogens (tertiary/aromatic N) is 2. The second-order valence-corrected chi connectivity index (χ2v) is 12.0. The highest BCUT2D eigenvalue weighted by molar-refractivity contribution is 7.13. The SMILES string of the molecule is C=C/C=C(/c1ccc(C)s1)c1nc(-c2n[nH]c(=C)\c2=C/C(=C\C)C(/C=C(\C=C)NC(=C)C2CCCCC2)=C/C)[nH]c1C. The monoisotopic (exact) mass is 577 g/mol. The first-order chi connectivity index (χ1) is 20.3. The topological polar surface area (TPSA) is 69.4 Å². The molecule has 0 atom stereocenters. The van der Waals surface area contributed by atoms with Crippen LogP contribution in [0.4, 0.5) is 0 Å². The van der Waals surface area contributed by atoms with Gasteiger partial charge in [-0.25, -0.2) is 4.98 Å². The average Bonchev–Trinajstić information content (AvgIpc) is 3.71. The van der Waals surface area contributed by atoms with Gasteiger partial charge in [-0.3, -0.25) is 5.10 Å². The number of nitrogens with one attached hydrogen (secondary N) is 3.